The number of hydrogen-bond donors (Lipinski definition) is 1. The molecule has 146 valence electrons. The summed E-state index contributed by atoms with van der Waals surface area (Å²) in [6.07, 6.45) is 4.27. The Kier molecular flexibility index (Phi) is 7.50. The Morgan fingerprint density at radius 2 is 1.63 bits per heavy atom. The van der Waals surface area contributed by atoms with E-state index in [1.54, 1.807) is 0 Å². The first-order chi connectivity index (χ1) is 12.8. The van der Waals surface area contributed by atoms with E-state index in [4.69, 9.17) is 0 Å². The average molecular weight is 392 g/mol. The van der Waals surface area contributed by atoms with Crippen molar-refractivity contribution in [1.29, 1.82) is 0 Å². The lowest BCUT2D eigenvalue weighted by Crippen LogP contribution is -2.36. The van der Waals surface area contributed by atoms with Crippen molar-refractivity contribution < 1.29 is 17.6 Å². The molecule has 0 saturated carbocycles. The second-order valence-electron chi connectivity index (χ2n) is 6.51. The molecule has 2 rings (SSSR count). The molecule has 0 aliphatic rings. The highest BCUT2D eigenvalue weighted by molar-refractivity contribution is 7.88. The molecule has 0 spiro atoms. The Morgan fingerprint density at radius 3 is 2.19 bits per heavy atom. The van der Waals surface area contributed by atoms with Crippen LogP contribution in [0.3, 0.4) is 0 Å². The molecule has 0 atom stereocenters. The molecular weight excluding hydrogens is 367 g/mol. The van der Waals surface area contributed by atoms with Crippen LogP contribution < -0.4 is 5.32 Å². The van der Waals surface area contributed by atoms with Crippen molar-refractivity contribution in [2.24, 2.45) is 0 Å². The maximum atomic E-state index is 13.0. The Morgan fingerprint density at radius 1 is 1.04 bits per heavy atom. The maximum absolute atomic E-state index is 13.0. The number of amides is 1. The number of rotatable bonds is 9. The van der Waals surface area contributed by atoms with Crippen LogP contribution in [0.2, 0.25) is 0 Å². The molecule has 1 amide bonds. The van der Waals surface area contributed by atoms with Gasteiger partial charge in [-0.25, -0.2) is 12.8 Å². The lowest BCUT2D eigenvalue weighted by Gasteiger charge is -2.19. The quantitative estimate of drug-likeness (QED) is 0.709. The number of nitrogens with zero attached hydrogens (tertiary/aromatic N) is 1. The third-order valence-corrected chi connectivity index (χ3v) is 5.31. The number of carbonyl (C=O) groups is 1. The van der Waals surface area contributed by atoms with Gasteiger partial charge in [-0.15, -0.1) is 0 Å². The van der Waals surface area contributed by atoms with Crippen LogP contribution in [0.25, 0.3) is 0 Å². The van der Waals surface area contributed by atoms with Crippen LogP contribution in [0.1, 0.15) is 30.9 Å². The fraction of sp³-hybridized carbons (Fsp3) is 0.350. The molecule has 5 nitrogen and oxygen atoms in total. The first kappa shape index (κ1) is 21.1. The topological polar surface area (TPSA) is 66.5 Å². The van der Waals surface area contributed by atoms with E-state index in [-0.39, 0.29) is 13.1 Å². The van der Waals surface area contributed by atoms with Crippen LogP contribution >= 0.6 is 0 Å². The van der Waals surface area contributed by atoms with E-state index in [1.807, 2.05) is 24.3 Å². The second-order valence-corrected chi connectivity index (χ2v) is 8.49. The van der Waals surface area contributed by atoms with Crippen LogP contribution in [-0.4, -0.2) is 31.4 Å². The third-order valence-electron chi connectivity index (χ3n) is 4.12. The van der Waals surface area contributed by atoms with Gasteiger partial charge in [0.15, 0.2) is 0 Å². The third kappa shape index (κ3) is 7.11. The number of sulfonamides is 1. The van der Waals surface area contributed by atoms with E-state index in [1.165, 1.54) is 29.8 Å². The van der Waals surface area contributed by atoms with Crippen LogP contribution in [0, 0.1) is 5.82 Å². The fourth-order valence-corrected chi connectivity index (χ4v) is 3.32. The van der Waals surface area contributed by atoms with Gasteiger partial charge in [0.1, 0.15) is 5.82 Å². The number of carbonyl (C=O) groups excluding carboxylic acids is 1. The Labute approximate surface area is 160 Å². The van der Waals surface area contributed by atoms with Gasteiger partial charge in [0, 0.05) is 12.2 Å². The number of halogens is 1. The zero-order chi connectivity index (χ0) is 19.9. The normalized spacial score (nSPS) is 11.6. The Bertz CT molecular complexity index is 850. The molecule has 0 heterocycles. The van der Waals surface area contributed by atoms with E-state index in [9.17, 15) is 17.6 Å². The van der Waals surface area contributed by atoms with Gasteiger partial charge in [0.25, 0.3) is 0 Å². The van der Waals surface area contributed by atoms with E-state index < -0.39 is 21.7 Å². The molecule has 0 aliphatic carbocycles. The molecule has 0 aliphatic heterocycles. The Balaban J connectivity index is 2.00. The second kappa shape index (κ2) is 9.62. The van der Waals surface area contributed by atoms with Gasteiger partial charge < -0.3 is 5.32 Å². The van der Waals surface area contributed by atoms with Gasteiger partial charge in [-0.1, -0.05) is 37.6 Å². The number of aryl methyl sites for hydroxylation is 1. The first-order valence-electron chi connectivity index (χ1n) is 8.86. The minimum atomic E-state index is -3.60. The van der Waals surface area contributed by atoms with Gasteiger partial charge in [-0.3, -0.25) is 4.79 Å². The predicted octanol–water partition coefficient (Wildman–Crippen LogP) is 3.57. The summed E-state index contributed by atoms with van der Waals surface area (Å²) in [6, 6.07) is 13.1. The molecule has 2 aromatic rings. The summed E-state index contributed by atoms with van der Waals surface area (Å²) in [5.41, 5.74) is 2.43. The highest BCUT2D eigenvalue weighted by Gasteiger charge is 2.20. The molecule has 0 radical (unpaired) electrons. The molecule has 0 fully saturated rings. The lowest BCUT2D eigenvalue weighted by atomic mass is 10.1. The summed E-state index contributed by atoms with van der Waals surface area (Å²) in [5, 5.41) is 2.72. The van der Waals surface area contributed by atoms with Gasteiger partial charge in [-0.2, -0.15) is 4.31 Å². The summed E-state index contributed by atoms with van der Waals surface area (Å²) in [7, 11) is -3.60. The van der Waals surface area contributed by atoms with Crippen molar-refractivity contribution in [3.05, 3.63) is 65.5 Å². The number of anilines is 1. The van der Waals surface area contributed by atoms with E-state index >= 15 is 0 Å². The zero-order valence-corrected chi connectivity index (χ0v) is 16.4. The van der Waals surface area contributed by atoms with E-state index in [0.29, 0.717) is 11.3 Å². The van der Waals surface area contributed by atoms with Crippen molar-refractivity contribution in [3.63, 3.8) is 0 Å². The monoisotopic (exact) mass is 392 g/mol. The number of unbranched alkanes of at least 4 members (excludes halogenated alkanes) is 1. The standard InChI is InChI=1S/C20H25FN2O3S/c1-3-4-5-16-8-12-19(13-9-16)22-20(24)15-23(27(2,25)26)14-17-6-10-18(21)11-7-17/h6-13H,3-5,14-15H2,1-2H3,(H,22,24). The summed E-state index contributed by atoms with van der Waals surface area (Å²) in [6.45, 7) is 1.82. The van der Waals surface area contributed by atoms with Gasteiger partial charge in [-0.05, 0) is 48.2 Å². The number of benzene rings is 2. The lowest BCUT2D eigenvalue weighted by molar-refractivity contribution is -0.116. The highest BCUT2D eigenvalue weighted by atomic mass is 32.2. The molecule has 0 aromatic heterocycles. The number of hydrogen-bond acceptors (Lipinski definition) is 3. The average Bonchev–Trinajstić information content (AvgIpc) is 2.61. The SMILES string of the molecule is CCCCc1ccc(NC(=O)CN(Cc2ccc(F)cc2)S(C)(=O)=O)cc1. The Hall–Kier alpha value is -2.25. The molecule has 2 aromatic carbocycles. The molecule has 0 saturated heterocycles. The van der Waals surface area contributed by atoms with E-state index in [0.717, 1.165) is 29.8 Å². The first-order valence-corrected chi connectivity index (χ1v) is 10.7. The molecule has 27 heavy (non-hydrogen) atoms. The molecule has 7 heteroatoms. The van der Waals surface area contributed by atoms with Crippen LogP contribution in [0.4, 0.5) is 10.1 Å². The summed E-state index contributed by atoms with van der Waals surface area (Å²) in [4.78, 5) is 12.3. The van der Waals surface area contributed by atoms with Crippen molar-refractivity contribution in [2.45, 2.75) is 32.7 Å². The molecule has 1 N–H and O–H groups in total. The van der Waals surface area contributed by atoms with Gasteiger partial charge >= 0.3 is 0 Å². The summed E-state index contributed by atoms with van der Waals surface area (Å²) >= 11 is 0. The fourth-order valence-electron chi connectivity index (χ4n) is 2.58. The minimum Gasteiger partial charge on any atom is -0.325 e. The summed E-state index contributed by atoms with van der Waals surface area (Å²) in [5.74, 6) is -0.825. The van der Waals surface area contributed by atoms with E-state index in [2.05, 4.69) is 12.2 Å². The zero-order valence-electron chi connectivity index (χ0n) is 15.6. The summed E-state index contributed by atoms with van der Waals surface area (Å²) < 4.78 is 38.1. The maximum Gasteiger partial charge on any atom is 0.239 e. The van der Waals surface area contributed by atoms with Crippen LogP contribution in [0.5, 0.6) is 0 Å². The molecule has 0 bridgehead atoms. The smallest absolute Gasteiger partial charge is 0.239 e. The minimum absolute atomic E-state index is 0.00247. The largest absolute Gasteiger partial charge is 0.325 e. The van der Waals surface area contributed by atoms with Gasteiger partial charge in [0.05, 0.1) is 12.8 Å². The van der Waals surface area contributed by atoms with Crippen molar-refractivity contribution in [2.75, 3.05) is 18.1 Å². The van der Waals surface area contributed by atoms with Crippen molar-refractivity contribution >= 4 is 21.6 Å². The number of nitrogens with one attached hydrogen (secondary N) is 1. The molecule has 0 unspecified atom stereocenters. The van der Waals surface area contributed by atoms with Crippen molar-refractivity contribution in [3.8, 4) is 0 Å². The van der Waals surface area contributed by atoms with Crippen LogP contribution in [-0.2, 0) is 27.8 Å². The van der Waals surface area contributed by atoms with Crippen LogP contribution in [0.15, 0.2) is 48.5 Å². The molecular formula is C20H25FN2O3S. The predicted molar refractivity (Wildman–Crippen MR) is 105 cm³/mol. The van der Waals surface area contributed by atoms with Crippen molar-refractivity contribution in [1.82, 2.24) is 4.31 Å². The van der Waals surface area contributed by atoms with Gasteiger partial charge in [0.2, 0.25) is 15.9 Å². The highest BCUT2D eigenvalue weighted by Crippen LogP contribution is 2.13.